The number of carbonyl (C=O) groups is 3. The lowest BCUT2D eigenvalue weighted by atomic mass is 10.0. The zero-order chi connectivity index (χ0) is 21.4. The van der Waals surface area contributed by atoms with E-state index in [4.69, 9.17) is 9.57 Å². The summed E-state index contributed by atoms with van der Waals surface area (Å²) in [5.74, 6) is -2.98. The van der Waals surface area contributed by atoms with Crippen LogP contribution in [-0.2, 0) is 44.7 Å². The van der Waals surface area contributed by atoms with E-state index in [0.717, 1.165) is 30.9 Å². The Labute approximate surface area is 166 Å². The van der Waals surface area contributed by atoms with E-state index in [1.807, 2.05) is 6.07 Å². The lowest BCUT2D eigenvalue weighted by Gasteiger charge is -2.28. The van der Waals surface area contributed by atoms with Gasteiger partial charge in [0.2, 0.25) is 5.76 Å². The average molecular weight is 407 g/mol. The van der Waals surface area contributed by atoms with E-state index in [2.05, 4.69) is 14.4 Å². The average Bonchev–Trinajstić information content (AvgIpc) is 3.14. The minimum absolute atomic E-state index is 0.128. The quantitative estimate of drug-likeness (QED) is 0.219. The fourth-order valence-electron chi connectivity index (χ4n) is 2.68. The lowest BCUT2D eigenvalue weighted by Crippen LogP contribution is -2.42. The van der Waals surface area contributed by atoms with Gasteiger partial charge in [-0.25, -0.2) is 19.3 Å². The number of rotatable bonds is 8. The molecule has 0 saturated carbocycles. The van der Waals surface area contributed by atoms with Crippen molar-refractivity contribution < 1.29 is 43.6 Å². The van der Waals surface area contributed by atoms with Crippen molar-refractivity contribution in [1.82, 2.24) is 5.06 Å². The lowest BCUT2D eigenvalue weighted by molar-refractivity contribution is -0.358. The first-order valence-corrected chi connectivity index (χ1v) is 8.44. The van der Waals surface area contributed by atoms with Gasteiger partial charge in [-0.1, -0.05) is 41.5 Å². The summed E-state index contributed by atoms with van der Waals surface area (Å²) in [5, 5.41) is 10.5. The molecule has 0 amide bonds. The normalized spacial score (nSPS) is 17.7. The first-order chi connectivity index (χ1) is 14.0. The Morgan fingerprint density at radius 1 is 1.10 bits per heavy atom. The molecule has 0 bridgehead atoms. The Morgan fingerprint density at radius 3 is 2.31 bits per heavy atom. The van der Waals surface area contributed by atoms with Crippen molar-refractivity contribution in [2.75, 3.05) is 21.3 Å². The molecule has 10 heteroatoms. The largest absolute Gasteiger partial charge is 0.466 e. The van der Waals surface area contributed by atoms with Gasteiger partial charge in [0.1, 0.15) is 11.6 Å². The second kappa shape index (κ2) is 10.4. The van der Waals surface area contributed by atoms with Crippen LogP contribution in [0, 0.1) is 0 Å². The molecule has 1 aromatic carbocycles. The summed E-state index contributed by atoms with van der Waals surface area (Å²) in [5.41, 5.74) is 0.548. The van der Waals surface area contributed by atoms with Gasteiger partial charge in [-0.05, 0) is 5.56 Å². The topological polar surface area (TPSA) is 121 Å². The molecule has 156 valence electrons. The molecule has 0 saturated heterocycles. The first kappa shape index (κ1) is 22.1. The van der Waals surface area contributed by atoms with Crippen molar-refractivity contribution in [2.45, 2.75) is 18.7 Å². The van der Waals surface area contributed by atoms with Gasteiger partial charge in [-0.15, -0.1) is 0 Å². The van der Waals surface area contributed by atoms with Crippen molar-refractivity contribution in [1.29, 1.82) is 0 Å². The van der Waals surface area contributed by atoms with E-state index in [0.29, 0.717) is 0 Å². The minimum Gasteiger partial charge on any atom is -0.466 e. The number of hydrogen-bond donors (Lipinski definition) is 1. The number of carbonyl (C=O) groups excluding carboxylic acids is 3. The molecule has 2 rings (SSSR count). The van der Waals surface area contributed by atoms with Gasteiger partial charge in [-0.3, -0.25) is 5.26 Å². The maximum absolute atomic E-state index is 12.3. The Hall–Kier alpha value is -3.21. The summed E-state index contributed by atoms with van der Waals surface area (Å²) in [7, 11) is 3.42. The highest BCUT2D eigenvalue weighted by Crippen LogP contribution is 2.32. The van der Waals surface area contributed by atoms with Crippen LogP contribution in [0.5, 0.6) is 0 Å². The summed E-state index contributed by atoms with van der Waals surface area (Å²) >= 11 is 0. The number of nitrogens with zero attached hydrogens (tertiary/aromatic N) is 1. The smallest absolute Gasteiger partial charge is 0.376 e. The molecule has 1 N–H and O–H groups in total. The van der Waals surface area contributed by atoms with Crippen molar-refractivity contribution in [3.05, 3.63) is 59.4 Å². The highest BCUT2D eigenvalue weighted by atomic mass is 17.1. The van der Waals surface area contributed by atoms with E-state index in [1.165, 1.54) is 13.2 Å². The van der Waals surface area contributed by atoms with Crippen LogP contribution in [0.1, 0.15) is 5.56 Å². The minimum atomic E-state index is -1.15. The molecular formula is C19H21NO9. The Bertz CT molecular complexity index is 803. The van der Waals surface area contributed by atoms with Crippen LogP contribution in [0.15, 0.2) is 53.8 Å². The third kappa shape index (κ3) is 5.19. The van der Waals surface area contributed by atoms with Crippen LogP contribution in [0.4, 0.5) is 0 Å². The Balaban J connectivity index is 2.46. The fraction of sp³-hybridized carbons (Fsp3) is 0.316. The van der Waals surface area contributed by atoms with E-state index < -0.39 is 35.9 Å². The van der Waals surface area contributed by atoms with Crippen LogP contribution < -0.4 is 0 Å². The second-order valence-corrected chi connectivity index (χ2v) is 5.75. The molecule has 0 aliphatic carbocycles. The first-order valence-electron chi connectivity index (χ1n) is 8.44. The van der Waals surface area contributed by atoms with E-state index >= 15 is 0 Å². The molecule has 0 radical (unpaired) electrons. The van der Waals surface area contributed by atoms with Gasteiger partial charge < -0.3 is 19.0 Å². The zero-order valence-corrected chi connectivity index (χ0v) is 16.1. The summed E-state index contributed by atoms with van der Waals surface area (Å²) < 4.78 is 14.0. The number of hydroxylamine groups is 2. The van der Waals surface area contributed by atoms with Gasteiger partial charge in [0.25, 0.3) is 0 Å². The highest BCUT2D eigenvalue weighted by molar-refractivity contribution is 6.01. The van der Waals surface area contributed by atoms with Gasteiger partial charge in [0, 0.05) is 12.5 Å². The fourth-order valence-corrected chi connectivity index (χ4v) is 2.68. The van der Waals surface area contributed by atoms with Crippen LogP contribution in [0.3, 0.4) is 0 Å². The molecule has 1 aromatic rings. The zero-order valence-electron chi connectivity index (χ0n) is 16.1. The van der Waals surface area contributed by atoms with E-state index in [9.17, 15) is 19.6 Å². The van der Waals surface area contributed by atoms with Crippen LogP contribution in [0.25, 0.3) is 0 Å². The number of methoxy groups -OCH3 is 3. The summed E-state index contributed by atoms with van der Waals surface area (Å²) in [4.78, 5) is 46.1. The predicted octanol–water partition coefficient (Wildman–Crippen LogP) is 0.990. The molecule has 2 atom stereocenters. The third-order valence-corrected chi connectivity index (χ3v) is 4.06. The van der Waals surface area contributed by atoms with Crippen LogP contribution >= 0.6 is 0 Å². The van der Waals surface area contributed by atoms with Crippen molar-refractivity contribution in [2.24, 2.45) is 0 Å². The van der Waals surface area contributed by atoms with Gasteiger partial charge in [0.15, 0.2) is 6.23 Å². The van der Waals surface area contributed by atoms with Gasteiger partial charge in [-0.2, -0.15) is 0 Å². The number of benzene rings is 1. The molecule has 0 spiro atoms. The monoisotopic (exact) mass is 407 g/mol. The molecular weight excluding hydrogens is 386 g/mol. The molecule has 0 fully saturated rings. The molecule has 2 unspecified atom stereocenters. The molecule has 0 aromatic heterocycles. The van der Waals surface area contributed by atoms with Crippen molar-refractivity contribution >= 4 is 17.9 Å². The van der Waals surface area contributed by atoms with Crippen molar-refractivity contribution in [3.8, 4) is 0 Å². The summed E-state index contributed by atoms with van der Waals surface area (Å²) in [6, 6.07) is 7.87. The molecule has 10 nitrogen and oxygen atoms in total. The number of ether oxygens (including phenoxy) is 3. The van der Waals surface area contributed by atoms with Gasteiger partial charge >= 0.3 is 17.9 Å². The number of hydrogen-bond acceptors (Lipinski definition) is 10. The third-order valence-electron chi connectivity index (χ3n) is 4.06. The SMILES string of the molecule is COC(=O)/C=C/C1C(C(=O)OC)=C(C(=O)OC)ON1C(Cc1ccccc1)OO. The maximum Gasteiger partial charge on any atom is 0.376 e. The second-order valence-electron chi connectivity index (χ2n) is 5.75. The van der Waals surface area contributed by atoms with E-state index in [-0.39, 0.29) is 12.0 Å². The van der Waals surface area contributed by atoms with Crippen LogP contribution in [-0.4, -0.2) is 61.8 Å². The standard InChI is InChI=1S/C19H21NO9/c1-25-15(21)10-9-13-16(18(22)26-2)17(19(23)27-3)28-20(13)14(29-24)11-12-7-5-4-6-8-12/h4-10,13-14,24H,11H2,1-3H3/b10-9+. The Kier molecular flexibility index (Phi) is 7.89. The predicted molar refractivity (Wildman–Crippen MR) is 96.6 cm³/mol. The molecule has 1 heterocycles. The van der Waals surface area contributed by atoms with Crippen LogP contribution in [0.2, 0.25) is 0 Å². The Morgan fingerprint density at radius 2 is 1.76 bits per heavy atom. The number of esters is 3. The highest BCUT2D eigenvalue weighted by Gasteiger charge is 2.45. The molecule has 1 aliphatic rings. The van der Waals surface area contributed by atoms with Gasteiger partial charge in [0.05, 0.1) is 21.3 Å². The molecule has 1 aliphatic heterocycles. The van der Waals surface area contributed by atoms with Crippen molar-refractivity contribution in [3.63, 3.8) is 0 Å². The summed E-state index contributed by atoms with van der Waals surface area (Å²) in [6.45, 7) is 0. The maximum atomic E-state index is 12.3. The molecule has 29 heavy (non-hydrogen) atoms. The van der Waals surface area contributed by atoms with E-state index in [1.54, 1.807) is 24.3 Å². The summed E-state index contributed by atoms with van der Waals surface area (Å²) in [6.07, 6.45) is 1.28.